The van der Waals surface area contributed by atoms with Gasteiger partial charge in [-0.2, -0.15) is 4.98 Å². The fourth-order valence-electron chi connectivity index (χ4n) is 2.92. The number of fused-ring (bicyclic) bond motifs is 1. The lowest BCUT2D eigenvalue weighted by atomic mass is 10.1. The second kappa shape index (κ2) is 6.82. The normalized spacial score (nSPS) is 11.7. The molecule has 2 N–H and O–H groups in total. The van der Waals surface area contributed by atoms with Gasteiger partial charge in [-0.25, -0.2) is 22.5 Å². The Morgan fingerprint density at radius 2 is 1.83 bits per heavy atom. The molecule has 0 amide bonds. The number of nitrogens with zero attached hydrogens (tertiary/aromatic N) is 4. The lowest BCUT2D eigenvalue weighted by Gasteiger charge is -2.07. The molecule has 8 nitrogen and oxygen atoms in total. The number of ether oxygens (including phenoxy) is 1. The zero-order chi connectivity index (χ0) is 20.8. The molecule has 0 saturated heterocycles. The molecule has 2 aromatic heterocycles. The number of nitrogens with two attached hydrogens (primary N) is 1. The Hall–Kier alpha value is -3.53. The quantitative estimate of drug-likeness (QED) is 0.512. The molecule has 2 heterocycles. The van der Waals surface area contributed by atoms with Gasteiger partial charge in [0.05, 0.1) is 23.9 Å². The first-order valence-electron chi connectivity index (χ1n) is 8.44. The van der Waals surface area contributed by atoms with E-state index in [4.69, 9.17) is 10.5 Å². The number of rotatable bonds is 4. The maximum Gasteiger partial charge on any atom is 0.249 e. The Morgan fingerprint density at radius 3 is 2.45 bits per heavy atom. The van der Waals surface area contributed by atoms with Gasteiger partial charge in [-0.3, -0.25) is 0 Å². The van der Waals surface area contributed by atoms with Crippen LogP contribution in [0.3, 0.4) is 0 Å². The zero-order valence-corrected chi connectivity index (χ0v) is 16.3. The fourth-order valence-corrected chi connectivity index (χ4v) is 3.43. The Kier molecular flexibility index (Phi) is 4.42. The van der Waals surface area contributed by atoms with Crippen LogP contribution in [0.2, 0.25) is 0 Å². The van der Waals surface area contributed by atoms with E-state index in [9.17, 15) is 12.8 Å². The summed E-state index contributed by atoms with van der Waals surface area (Å²) in [7, 11) is -2.18. The number of anilines is 1. The van der Waals surface area contributed by atoms with E-state index in [-0.39, 0.29) is 17.2 Å². The van der Waals surface area contributed by atoms with E-state index in [1.807, 2.05) is 0 Å². The van der Waals surface area contributed by atoms with E-state index >= 15 is 0 Å². The third-order valence-corrected chi connectivity index (χ3v) is 5.14. The molecule has 0 aliphatic carbocycles. The molecule has 2 aromatic carbocycles. The van der Waals surface area contributed by atoms with Crippen LogP contribution in [0.1, 0.15) is 0 Å². The van der Waals surface area contributed by atoms with Crippen LogP contribution in [-0.2, 0) is 9.84 Å². The Morgan fingerprint density at radius 1 is 1.10 bits per heavy atom. The first-order valence-corrected chi connectivity index (χ1v) is 10.3. The predicted molar refractivity (Wildman–Crippen MR) is 106 cm³/mol. The van der Waals surface area contributed by atoms with E-state index in [0.29, 0.717) is 22.4 Å². The number of benzene rings is 2. The summed E-state index contributed by atoms with van der Waals surface area (Å²) < 4.78 is 44.5. The van der Waals surface area contributed by atoms with Crippen molar-refractivity contribution in [2.75, 3.05) is 19.1 Å². The van der Waals surface area contributed by atoms with Gasteiger partial charge in [0.25, 0.3) is 0 Å². The summed E-state index contributed by atoms with van der Waals surface area (Å²) in [6.07, 6.45) is 0.993. The van der Waals surface area contributed by atoms with Crippen LogP contribution in [0.15, 0.2) is 53.7 Å². The first kappa shape index (κ1) is 18.8. The van der Waals surface area contributed by atoms with E-state index in [0.717, 1.165) is 6.26 Å². The van der Waals surface area contributed by atoms with Gasteiger partial charge in [-0.15, -0.1) is 5.10 Å². The molecular weight excluding hydrogens is 397 g/mol. The summed E-state index contributed by atoms with van der Waals surface area (Å²) in [6.45, 7) is 0. The van der Waals surface area contributed by atoms with E-state index < -0.39 is 20.8 Å². The van der Waals surface area contributed by atoms with Crippen molar-refractivity contribution in [3.05, 3.63) is 54.3 Å². The number of halogens is 1. The molecule has 4 rings (SSSR count). The smallest absolute Gasteiger partial charge is 0.249 e. The molecule has 0 unspecified atom stereocenters. The summed E-state index contributed by atoms with van der Waals surface area (Å²) in [5.74, 6) is 0.365. The van der Waals surface area contributed by atoms with E-state index in [1.165, 1.54) is 22.9 Å². The van der Waals surface area contributed by atoms with Gasteiger partial charge in [-0.05, 0) is 36.4 Å². The van der Waals surface area contributed by atoms with Gasteiger partial charge in [0, 0.05) is 11.8 Å². The highest BCUT2D eigenvalue weighted by Crippen LogP contribution is 2.33. The Labute approximate surface area is 165 Å². The van der Waals surface area contributed by atoms with Crippen LogP contribution in [-0.4, -0.2) is 41.5 Å². The van der Waals surface area contributed by atoms with E-state index in [2.05, 4.69) is 15.1 Å². The number of methoxy groups -OCH3 is 1. The van der Waals surface area contributed by atoms with Crippen LogP contribution < -0.4 is 10.5 Å². The highest BCUT2D eigenvalue weighted by atomic mass is 32.2. The SMILES string of the molecule is COc1ccc(-n2nc3nc(S(C)(=O)=O)nc(-c4cccc(F)c4)c3c2N)cc1. The zero-order valence-electron chi connectivity index (χ0n) is 15.5. The molecule has 148 valence electrons. The summed E-state index contributed by atoms with van der Waals surface area (Å²) >= 11 is 0. The van der Waals surface area contributed by atoms with Crippen molar-refractivity contribution in [1.29, 1.82) is 0 Å². The second-order valence-electron chi connectivity index (χ2n) is 6.33. The molecule has 0 atom stereocenters. The molecule has 0 saturated carbocycles. The van der Waals surface area contributed by atoms with Gasteiger partial charge < -0.3 is 10.5 Å². The summed E-state index contributed by atoms with van der Waals surface area (Å²) in [5, 5.41) is 4.28. The average molecular weight is 413 g/mol. The molecule has 0 fully saturated rings. The van der Waals surface area contributed by atoms with Gasteiger partial charge >= 0.3 is 0 Å². The number of nitrogen functional groups attached to an aromatic ring is 1. The number of aromatic nitrogens is 4. The number of hydrogen-bond acceptors (Lipinski definition) is 7. The number of hydrogen-bond donors (Lipinski definition) is 1. The van der Waals surface area contributed by atoms with Crippen LogP contribution in [0.5, 0.6) is 5.75 Å². The molecule has 4 aromatic rings. The molecule has 10 heteroatoms. The van der Waals surface area contributed by atoms with Crippen molar-refractivity contribution in [2.24, 2.45) is 0 Å². The molecule has 0 bridgehead atoms. The molecule has 0 spiro atoms. The molecule has 0 aliphatic rings. The van der Waals surface area contributed by atoms with Crippen molar-refractivity contribution in [3.63, 3.8) is 0 Å². The largest absolute Gasteiger partial charge is 0.497 e. The van der Waals surface area contributed by atoms with Gasteiger partial charge in [-0.1, -0.05) is 12.1 Å². The maximum atomic E-state index is 13.8. The van der Waals surface area contributed by atoms with E-state index in [1.54, 1.807) is 37.4 Å². The highest BCUT2D eigenvalue weighted by molar-refractivity contribution is 7.90. The van der Waals surface area contributed by atoms with Gasteiger partial charge in [0.2, 0.25) is 15.0 Å². The monoisotopic (exact) mass is 413 g/mol. The number of sulfone groups is 1. The van der Waals surface area contributed by atoms with Crippen LogP contribution >= 0.6 is 0 Å². The first-order chi connectivity index (χ1) is 13.8. The third kappa shape index (κ3) is 3.38. The van der Waals surface area contributed by atoms with Crippen molar-refractivity contribution < 1.29 is 17.5 Å². The minimum atomic E-state index is -3.73. The van der Waals surface area contributed by atoms with Gasteiger partial charge in [0.15, 0.2) is 5.65 Å². The second-order valence-corrected chi connectivity index (χ2v) is 8.24. The summed E-state index contributed by atoms with van der Waals surface area (Å²) in [6, 6.07) is 12.6. The minimum absolute atomic E-state index is 0.0907. The molecule has 29 heavy (non-hydrogen) atoms. The third-order valence-electron chi connectivity index (χ3n) is 4.30. The topological polar surface area (TPSA) is 113 Å². The summed E-state index contributed by atoms with van der Waals surface area (Å²) in [5.41, 5.74) is 7.58. The highest BCUT2D eigenvalue weighted by Gasteiger charge is 2.22. The minimum Gasteiger partial charge on any atom is -0.497 e. The molecule has 0 radical (unpaired) electrons. The Balaban J connectivity index is 2.03. The lowest BCUT2D eigenvalue weighted by molar-refractivity contribution is 0.414. The van der Waals surface area contributed by atoms with Crippen molar-refractivity contribution in [1.82, 2.24) is 19.7 Å². The average Bonchev–Trinajstić information content (AvgIpc) is 3.03. The van der Waals surface area contributed by atoms with Crippen molar-refractivity contribution in [3.8, 4) is 22.7 Å². The predicted octanol–water partition coefficient (Wildman–Crippen LogP) is 2.62. The summed E-state index contributed by atoms with van der Waals surface area (Å²) in [4.78, 5) is 8.23. The fraction of sp³-hybridized carbons (Fsp3) is 0.105. The lowest BCUT2D eigenvalue weighted by Crippen LogP contribution is -2.06. The van der Waals surface area contributed by atoms with Crippen LogP contribution in [0.4, 0.5) is 10.2 Å². The molecular formula is C19H16FN5O3S. The van der Waals surface area contributed by atoms with Crippen molar-refractivity contribution >= 4 is 26.7 Å². The molecule has 0 aliphatic heterocycles. The standard InChI is InChI=1S/C19H16FN5O3S/c1-28-14-8-6-13(7-9-14)25-17(21)15-16(11-4-3-5-12(20)10-11)22-19(29(2,26)27)23-18(15)24-25/h3-10H,21H2,1-2H3. The maximum absolute atomic E-state index is 13.8. The van der Waals surface area contributed by atoms with Gasteiger partial charge in [0.1, 0.15) is 17.4 Å². The van der Waals surface area contributed by atoms with Crippen molar-refractivity contribution in [2.45, 2.75) is 5.16 Å². The van der Waals surface area contributed by atoms with Crippen LogP contribution in [0.25, 0.3) is 28.0 Å². The Bertz CT molecular complexity index is 1330. The van der Waals surface area contributed by atoms with Crippen LogP contribution in [0, 0.1) is 5.82 Å².